The van der Waals surface area contributed by atoms with E-state index in [-0.39, 0.29) is 24.2 Å². The molecule has 2 amide bonds. The molecular weight excluding hydrogens is 364 g/mol. The number of amides is 2. The van der Waals surface area contributed by atoms with Gasteiger partial charge in [0.1, 0.15) is 22.5 Å². The lowest BCUT2D eigenvalue weighted by Gasteiger charge is -2.19. The molecule has 2 heterocycles. The third-order valence-corrected chi connectivity index (χ3v) is 4.72. The molecular formula is C16H19ClN4O3S. The summed E-state index contributed by atoms with van der Waals surface area (Å²) in [5.41, 5.74) is 6.51. The molecule has 0 spiro atoms. The van der Waals surface area contributed by atoms with Crippen molar-refractivity contribution in [3.05, 3.63) is 40.3 Å². The number of hydrogen-bond donors (Lipinski definition) is 2. The standard InChI is InChI=1S/C16H18N4O3S.ClH/c1-23-13-5-3-2-4-12(13)20-7-6-10(16(20)22)19-15(21)11-9-24-14(8-17)18-11;/h2-5,9-10H,6-8,17H2,1H3,(H,19,21);1H. The zero-order valence-electron chi connectivity index (χ0n) is 13.6. The number of aromatic nitrogens is 1. The number of benzene rings is 1. The number of nitrogens with two attached hydrogens (primary N) is 1. The highest BCUT2D eigenvalue weighted by atomic mass is 35.5. The smallest absolute Gasteiger partial charge is 0.271 e. The summed E-state index contributed by atoms with van der Waals surface area (Å²) in [6.45, 7) is 0.817. The van der Waals surface area contributed by atoms with E-state index in [0.29, 0.717) is 41.6 Å². The Morgan fingerprint density at radius 1 is 1.48 bits per heavy atom. The van der Waals surface area contributed by atoms with Gasteiger partial charge in [-0.1, -0.05) is 12.1 Å². The number of rotatable bonds is 5. The zero-order chi connectivity index (χ0) is 17.1. The molecule has 1 unspecified atom stereocenters. The van der Waals surface area contributed by atoms with E-state index in [1.807, 2.05) is 18.2 Å². The van der Waals surface area contributed by atoms with Gasteiger partial charge in [-0.15, -0.1) is 23.7 Å². The summed E-state index contributed by atoms with van der Waals surface area (Å²) in [4.78, 5) is 30.6. The Kier molecular flexibility index (Phi) is 6.35. The normalized spacial score (nSPS) is 16.5. The average molecular weight is 383 g/mol. The molecule has 3 N–H and O–H groups in total. The van der Waals surface area contributed by atoms with Crippen LogP contribution >= 0.6 is 23.7 Å². The monoisotopic (exact) mass is 382 g/mol. The van der Waals surface area contributed by atoms with Gasteiger partial charge in [-0.05, 0) is 18.6 Å². The molecule has 0 saturated carbocycles. The Morgan fingerprint density at radius 3 is 2.92 bits per heavy atom. The van der Waals surface area contributed by atoms with Crippen LogP contribution in [0.3, 0.4) is 0 Å². The molecule has 9 heteroatoms. The highest BCUT2D eigenvalue weighted by Gasteiger charge is 2.35. The van der Waals surface area contributed by atoms with Gasteiger partial charge in [-0.25, -0.2) is 4.98 Å². The largest absolute Gasteiger partial charge is 0.495 e. The van der Waals surface area contributed by atoms with E-state index >= 15 is 0 Å². The van der Waals surface area contributed by atoms with Gasteiger partial charge < -0.3 is 20.7 Å². The summed E-state index contributed by atoms with van der Waals surface area (Å²) in [6, 6.07) is 6.76. The summed E-state index contributed by atoms with van der Waals surface area (Å²) in [5, 5.41) is 5.09. The first kappa shape index (κ1) is 19.2. The van der Waals surface area contributed by atoms with E-state index in [2.05, 4.69) is 10.3 Å². The fraction of sp³-hybridized carbons (Fsp3) is 0.312. The van der Waals surface area contributed by atoms with Crippen LogP contribution in [0.1, 0.15) is 21.9 Å². The van der Waals surface area contributed by atoms with Gasteiger partial charge in [-0.2, -0.15) is 0 Å². The molecule has 0 bridgehead atoms. The van der Waals surface area contributed by atoms with Crippen molar-refractivity contribution in [2.75, 3.05) is 18.6 Å². The lowest BCUT2D eigenvalue weighted by atomic mass is 10.2. The second-order valence-corrected chi connectivity index (χ2v) is 6.25. The lowest BCUT2D eigenvalue weighted by Crippen LogP contribution is -2.41. The molecule has 2 aromatic rings. The van der Waals surface area contributed by atoms with Crippen LogP contribution in [0.5, 0.6) is 5.75 Å². The summed E-state index contributed by atoms with van der Waals surface area (Å²) in [7, 11) is 1.57. The molecule has 1 aliphatic rings. The Hall–Kier alpha value is -2.16. The van der Waals surface area contributed by atoms with Crippen molar-refractivity contribution in [3.8, 4) is 5.75 Å². The van der Waals surface area contributed by atoms with Crippen molar-refractivity contribution in [3.63, 3.8) is 0 Å². The number of halogens is 1. The molecule has 25 heavy (non-hydrogen) atoms. The van der Waals surface area contributed by atoms with Crippen molar-refractivity contribution in [1.82, 2.24) is 10.3 Å². The van der Waals surface area contributed by atoms with Crippen LogP contribution in [-0.4, -0.2) is 36.5 Å². The Balaban J connectivity index is 0.00000225. The number of thiazole rings is 1. The van der Waals surface area contributed by atoms with E-state index in [9.17, 15) is 9.59 Å². The Morgan fingerprint density at radius 2 is 2.24 bits per heavy atom. The quantitative estimate of drug-likeness (QED) is 0.818. The van der Waals surface area contributed by atoms with Crippen molar-refractivity contribution < 1.29 is 14.3 Å². The van der Waals surface area contributed by atoms with Crippen LogP contribution in [0.25, 0.3) is 0 Å². The lowest BCUT2D eigenvalue weighted by molar-refractivity contribution is -0.118. The maximum Gasteiger partial charge on any atom is 0.271 e. The predicted octanol–water partition coefficient (Wildman–Crippen LogP) is 1.57. The van der Waals surface area contributed by atoms with E-state index in [1.165, 1.54) is 11.3 Å². The SMILES string of the molecule is COc1ccccc1N1CCC(NC(=O)c2csc(CN)n2)C1=O.Cl. The third-order valence-electron chi connectivity index (χ3n) is 3.85. The van der Waals surface area contributed by atoms with E-state index in [1.54, 1.807) is 23.5 Å². The summed E-state index contributed by atoms with van der Waals surface area (Å²) in [6.07, 6.45) is 0.538. The number of para-hydroxylation sites is 2. The summed E-state index contributed by atoms with van der Waals surface area (Å²) >= 11 is 1.33. The molecule has 0 radical (unpaired) electrons. The number of nitrogens with zero attached hydrogens (tertiary/aromatic N) is 2. The minimum Gasteiger partial charge on any atom is -0.495 e. The molecule has 1 saturated heterocycles. The average Bonchev–Trinajstić information content (AvgIpc) is 3.22. The van der Waals surface area contributed by atoms with Gasteiger partial charge in [0.2, 0.25) is 5.91 Å². The molecule has 1 aromatic heterocycles. The number of carbonyl (C=O) groups excluding carboxylic acids is 2. The van der Waals surface area contributed by atoms with Gasteiger partial charge in [0.05, 0.1) is 12.8 Å². The van der Waals surface area contributed by atoms with E-state index in [4.69, 9.17) is 10.5 Å². The molecule has 0 aliphatic carbocycles. The number of anilines is 1. The van der Waals surface area contributed by atoms with Gasteiger partial charge in [0.25, 0.3) is 5.91 Å². The number of ether oxygens (including phenoxy) is 1. The first-order chi connectivity index (χ1) is 11.6. The maximum atomic E-state index is 12.6. The minimum atomic E-state index is -0.564. The summed E-state index contributed by atoms with van der Waals surface area (Å²) < 4.78 is 5.31. The van der Waals surface area contributed by atoms with Crippen LogP contribution < -0.4 is 20.7 Å². The molecule has 7 nitrogen and oxygen atoms in total. The van der Waals surface area contributed by atoms with Gasteiger partial charge in [0, 0.05) is 18.5 Å². The Bertz CT molecular complexity index is 767. The molecule has 1 atom stereocenters. The molecule has 134 valence electrons. The van der Waals surface area contributed by atoms with E-state index < -0.39 is 6.04 Å². The predicted molar refractivity (Wildman–Crippen MR) is 98.5 cm³/mol. The summed E-state index contributed by atoms with van der Waals surface area (Å²) in [5.74, 6) is 0.123. The van der Waals surface area contributed by atoms with Crippen LogP contribution in [0.4, 0.5) is 5.69 Å². The van der Waals surface area contributed by atoms with Crippen molar-refractivity contribution in [2.24, 2.45) is 5.73 Å². The molecule has 1 fully saturated rings. The minimum absolute atomic E-state index is 0. The molecule has 1 aromatic carbocycles. The number of hydrogen-bond acceptors (Lipinski definition) is 6. The third kappa shape index (κ3) is 3.92. The molecule has 3 rings (SSSR count). The van der Waals surface area contributed by atoms with Crippen molar-refractivity contribution in [1.29, 1.82) is 0 Å². The second kappa shape index (κ2) is 8.28. The highest BCUT2D eigenvalue weighted by Crippen LogP contribution is 2.31. The van der Waals surface area contributed by atoms with Crippen LogP contribution in [0.2, 0.25) is 0 Å². The van der Waals surface area contributed by atoms with Crippen LogP contribution in [-0.2, 0) is 11.3 Å². The highest BCUT2D eigenvalue weighted by molar-refractivity contribution is 7.09. The van der Waals surface area contributed by atoms with Crippen molar-refractivity contribution in [2.45, 2.75) is 19.0 Å². The Labute approximate surface area is 155 Å². The first-order valence-electron chi connectivity index (χ1n) is 7.53. The van der Waals surface area contributed by atoms with E-state index in [0.717, 1.165) is 0 Å². The molecule has 1 aliphatic heterocycles. The number of methoxy groups -OCH3 is 1. The zero-order valence-corrected chi connectivity index (χ0v) is 15.2. The van der Waals surface area contributed by atoms with Gasteiger partial charge >= 0.3 is 0 Å². The van der Waals surface area contributed by atoms with Crippen LogP contribution in [0, 0.1) is 0 Å². The second-order valence-electron chi connectivity index (χ2n) is 5.31. The fourth-order valence-corrected chi connectivity index (χ4v) is 3.30. The van der Waals surface area contributed by atoms with Crippen LogP contribution in [0.15, 0.2) is 29.6 Å². The fourth-order valence-electron chi connectivity index (χ4n) is 2.65. The number of nitrogens with one attached hydrogen (secondary N) is 1. The van der Waals surface area contributed by atoms with Gasteiger partial charge in [-0.3, -0.25) is 9.59 Å². The van der Waals surface area contributed by atoms with Gasteiger partial charge in [0.15, 0.2) is 0 Å². The first-order valence-corrected chi connectivity index (χ1v) is 8.41. The number of carbonyl (C=O) groups is 2. The topological polar surface area (TPSA) is 97.6 Å². The van der Waals surface area contributed by atoms with Crippen molar-refractivity contribution >= 4 is 41.2 Å². The maximum absolute atomic E-state index is 12.6.